The van der Waals surface area contributed by atoms with Crippen molar-refractivity contribution in [1.82, 2.24) is 4.72 Å². The molecule has 0 saturated heterocycles. The van der Waals surface area contributed by atoms with E-state index in [9.17, 15) is 13.2 Å². The van der Waals surface area contributed by atoms with E-state index in [1.807, 2.05) is 4.72 Å². The zero-order valence-electron chi connectivity index (χ0n) is 7.43. The van der Waals surface area contributed by atoms with Gasteiger partial charge in [0.2, 0.25) is 10.0 Å². The van der Waals surface area contributed by atoms with Crippen LogP contribution in [0.15, 0.2) is 30.3 Å². The molecule has 1 N–H and O–H groups in total. The smallest absolute Gasteiger partial charge is 0.264 e. The maximum absolute atomic E-state index is 11.2. The largest absolute Gasteiger partial charge is 0.269 e. The van der Waals surface area contributed by atoms with E-state index in [-0.39, 0.29) is 4.70 Å². The zero-order chi connectivity index (χ0) is 9.90. The molecule has 0 spiro atoms. The van der Waals surface area contributed by atoms with Gasteiger partial charge in [-0.3, -0.25) is 9.50 Å². The minimum Gasteiger partial charge on any atom is -0.269 e. The van der Waals surface area contributed by atoms with Crippen molar-refractivity contribution < 1.29 is 17.9 Å². The second-order valence-electron chi connectivity index (χ2n) is 2.57. The maximum Gasteiger partial charge on any atom is 0.264 e. The summed E-state index contributed by atoms with van der Waals surface area (Å²) in [5.74, 6) is -0.608. The van der Waals surface area contributed by atoms with E-state index in [0.717, 1.165) is 6.26 Å². The van der Waals surface area contributed by atoms with Crippen molar-refractivity contribution >= 4 is 15.9 Å². The summed E-state index contributed by atoms with van der Waals surface area (Å²) in [5, 5.41) is 0. The molecular weight excluding hydrogens is 209 g/mol. The second-order valence-corrected chi connectivity index (χ2v) is 4.32. The van der Waals surface area contributed by atoms with Gasteiger partial charge in [0.25, 0.3) is 5.91 Å². The first-order valence-corrected chi connectivity index (χ1v) is 5.45. The van der Waals surface area contributed by atoms with Crippen LogP contribution in [-0.2, 0) is 10.0 Å². The van der Waals surface area contributed by atoms with E-state index in [0.29, 0.717) is 5.56 Å². The van der Waals surface area contributed by atoms with Crippen molar-refractivity contribution in [3.8, 4) is 0 Å². The lowest BCUT2D eigenvalue weighted by Gasteiger charge is -2.00. The van der Waals surface area contributed by atoms with E-state index < -0.39 is 15.9 Å². The van der Waals surface area contributed by atoms with E-state index in [4.69, 9.17) is 0 Å². The fraction of sp³-hybridized carbons (Fsp3) is 0.125. The number of sulfonamides is 1. The molecule has 6 heteroatoms. The van der Waals surface area contributed by atoms with Gasteiger partial charge in [0.15, 0.2) is 0 Å². The molecule has 0 saturated carbocycles. The molecule has 1 rings (SSSR count). The highest BCUT2D eigenvalue weighted by atomic mass is 32.2. The van der Waals surface area contributed by atoms with E-state index in [1.165, 1.54) is 0 Å². The molecule has 0 aliphatic heterocycles. The van der Waals surface area contributed by atoms with Crippen molar-refractivity contribution in [2.75, 3.05) is 6.26 Å². The summed E-state index contributed by atoms with van der Waals surface area (Å²) >= 11 is 0. The Morgan fingerprint density at radius 2 is 1.71 bits per heavy atom. The molecule has 0 radical (unpaired) electrons. The Kier molecular flexibility index (Phi) is 4.23. The fourth-order valence-electron chi connectivity index (χ4n) is 0.817. The summed E-state index contributed by atoms with van der Waals surface area (Å²) in [6, 6.07) is 8.16. The standard InChI is InChI=1S/C8H9NO3S.FH/c1-13(11,12)9-8(10)7-5-3-2-4-6-7;/h2-6H,1H3,(H,9,10);1H. The average molecular weight is 219 g/mol. The molecule has 1 amide bonds. The Hall–Kier alpha value is -1.43. The lowest BCUT2D eigenvalue weighted by atomic mass is 10.2. The van der Waals surface area contributed by atoms with Gasteiger partial charge in [-0.25, -0.2) is 13.1 Å². The number of rotatable bonds is 2. The molecule has 0 atom stereocenters. The summed E-state index contributed by atoms with van der Waals surface area (Å²) in [6.45, 7) is 0. The molecule has 1 aromatic rings. The highest BCUT2D eigenvalue weighted by molar-refractivity contribution is 7.89. The summed E-state index contributed by atoms with van der Waals surface area (Å²) in [5.41, 5.74) is 0.327. The lowest BCUT2D eigenvalue weighted by Crippen LogP contribution is -2.29. The first-order chi connectivity index (χ1) is 5.99. The number of hydrogen-bond acceptors (Lipinski definition) is 3. The van der Waals surface area contributed by atoms with Crippen molar-refractivity contribution in [2.24, 2.45) is 0 Å². The van der Waals surface area contributed by atoms with E-state index in [2.05, 4.69) is 0 Å². The molecule has 1 aromatic carbocycles. The quantitative estimate of drug-likeness (QED) is 0.789. The number of carbonyl (C=O) groups excluding carboxylic acids is 1. The number of halogens is 1. The SMILES string of the molecule is CS(=O)(=O)NC(=O)c1ccccc1.F. The van der Waals surface area contributed by atoms with Crippen LogP contribution >= 0.6 is 0 Å². The number of benzene rings is 1. The predicted molar refractivity (Wildman–Crippen MR) is 51.3 cm³/mol. The van der Waals surface area contributed by atoms with Gasteiger partial charge in [0.05, 0.1) is 6.26 Å². The number of nitrogens with one attached hydrogen (secondary N) is 1. The third-order valence-corrected chi connectivity index (χ3v) is 1.87. The molecule has 14 heavy (non-hydrogen) atoms. The van der Waals surface area contributed by atoms with Crippen LogP contribution in [0, 0.1) is 0 Å². The van der Waals surface area contributed by atoms with E-state index >= 15 is 0 Å². The van der Waals surface area contributed by atoms with Gasteiger partial charge < -0.3 is 0 Å². The highest BCUT2D eigenvalue weighted by Gasteiger charge is 2.09. The van der Waals surface area contributed by atoms with Crippen molar-refractivity contribution in [2.45, 2.75) is 0 Å². The van der Waals surface area contributed by atoms with Crippen molar-refractivity contribution in [3.05, 3.63) is 35.9 Å². The van der Waals surface area contributed by atoms with Crippen molar-refractivity contribution in [3.63, 3.8) is 0 Å². The van der Waals surface area contributed by atoms with Gasteiger partial charge >= 0.3 is 0 Å². The molecule has 0 heterocycles. The zero-order valence-corrected chi connectivity index (χ0v) is 8.24. The first kappa shape index (κ1) is 12.6. The Morgan fingerprint density at radius 1 is 1.21 bits per heavy atom. The number of hydrogen-bond donors (Lipinski definition) is 1. The Morgan fingerprint density at radius 3 is 2.14 bits per heavy atom. The van der Waals surface area contributed by atoms with Gasteiger partial charge in [-0.1, -0.05) is 18.2 Å². The van der Waals surface area contributed by atoms with E-state index in [1.54, 1.807) is 30.3 Å². The minimum absolute atomic E-state index is 0. The number of amides is 1. The number of carbonyl (C=O) groups is 1. The topological polar surface area (TPSA) is 63.2 Å². The highest BCUT2D eigenvalue weighted by Crippen LogP contribution is 1.98. The van der Waals surface area contributed by atoms with Gasteiger partial charge in [0.1, 0.15) is 0 Å². The summed E-state index contributed by atoms with van der Waals surface area (Å²) in [4.78, 5) is 11.2. The van der Waals surface area contributed by atoms with Crippen LogP contribution in [0.25, 0.3) is 0 Å². The molecule has 0 aliphatic rings. The fourth-order valence-corrected chi connectivity index (χ4v) is 1.27. The third-order valence-electron chi connectivity index (χ3n) is 1.31. The van der Waals surface area contributed by atoms with Gasteiger partial charge in [-0.15, -0.1) is 0 Å². The minimum atomic E-state index is -3.47. The van der Waals surface area contributed by atoms with Crippen LogP contribution in [0.5, 0.6) is 0 Å². The van der Waals surface area contributed by atoms with Gasteiger partial charge in [-0.05, 0) is 12.1 Å². The molecule has 0 unspecified atom stereocenters. The Bertz CT molecular complexity index is 402. The van der Waals surface area contributed by atoms with Crippen LogP contribution in [0.1, 0.15) is 10.4 Å². The Labute approximate surface area is 81.4 Å². The monoisotopic (exact) mass is 219 g/mol. The van der Waals surface area contributed by atoms with Crippen LogP contribution in [0.3, 0.4) is 0 Å². The van der Waals surface area contributed by atoms with Crippen LogP contribution < -0.4 is 4.72 Å². The predicted octanol–water partition coefficient (Wildman–Crippen LogP) is 0.528. The first-order valence-electron chi connectivity index (χ1n) is 3.56. The summed E-state index contributed by atoms with van der Waals surface area (Å²) in [7, 11) is -3.47. The molecule has 78 valence electrons. The Balaban J connectivity index is 0.00000169. The van der Waals surface area contributed by atoms with Gasteiger partial charge in [-0.2, -0.15) is 0 Å². The third kappa shape index (κ3) is 3.99. The normalized spacial score (nSPS) is 10.1. The summed E-state index contributed by atoms with van der Waals surface area (Å²) < 4.78 is 23.2. The molecular formula is C8H10FNO3S. The van der Waals surface area contributed by atoms with Crippen LogP contribution in [-0.4, -0.2) is 20.6 Å². The van der Waals surface area contributed by atoms with Crippen molar-refractivity contribution in [1.29, 1.82) is 0 Å². The molecule has 4 nitrogen and oxygen atoms in total. The maximum atomic E-state index is 11.2. The summed E-state index contributed by atoms with van der Waals surface area (Å²) in [6.07, 6.45) is 0.938. The average Bonchev–Trinajstić information content (AvgIpc) is 2.03. The lowest BCUT2D eigenvalue weighted by molar-refractivity contribution is 0.0981. The van der Waals surface area contributed by atoms with Crippen LogP contribution in [0.2, 0.25) is 0 Å². The second kappa shape index (κ2) is 4.71. The van der Waals surface area contributed by atoms with Crippen LogP contribution in [0.4, 0.5) is 4.70 Å². The molecule has 0 fully saturated rings. The van der Waals surface area contributed by atoms with Gasteiger partial charge in [0, 0.05) is 5.56 Å². The molecule has 0 aromatic heterocycles. The molecule has 0 aliphatic carbocycles. The molecule has 0 bridgehead atoms.